The zero-order valence-electron chi connectivity index (χ0n) is 8.50. The van der Waals surface area contributed by atoms with Crippen LogP contribution in [0.1, 0.15) is 5.01 Å². The maximum absolute atomic E-state index is 13.0. The van der Waals surface area contributed by atoms with Gasteiger partial charge in [0, 0.05) is 18.2 Å². The summed E-state index contributed by atoms with van der Waals surface area (Å²) >= 11 is 1.31. The van der Waals surface area contributed by atoms with Crippen LogP contribution in [0.3, 0.4) is 0 Å². The van der Waals surface area contributed by atoms with Crippen LogP contribution in [0.15, 0.2) is 18.2 Å². The second-order valence-electron chi connectivity index (χ2n) is 3.19. The molecule has 0 fully saturated rings. The van der Waals surface area contributed by atoms with E-state index in [-0.39, 0.29) is 0 Å². The summed E-state index contributed by atoms with van der Waals surface area (Å²) in [7, 11) is 1.79. The largest absolute Gasteiger partial charge is 0.313 e. The van der Waals surface area contributed by atoms with E-state index in [0.29, 0.717) is 17.1 Å². The van der Waals surface area contributed by atoms with Crippen LogP contribution in [-0.2, 0) is 6.54 Å². The molecule has 84 valence electrons. The molecule has 1 aromatic heterocycles. The molecule has 0 bridgehead atoms. The number of rotatable bonds is 3. The summed E-state index contributed by atoms with van der Waals surface area (Å²) in [6.45, 7) is 0.593. The van der Waals surface area contributed by atoms with Crippen LogP contribution in [0.5, 0.6) is 0 Å². The van der Waals surface area contributed by atoms with Gasteiger partial charge in [-0.25, -0.2) is 8.78 Å². The van der Waals surface area contributed by atoms with Crippen LogP contribution in [0.4, 0.5) is 8.78 Å². The minimum absolute atomic E-state index is 0.414. The molecule has 16 heavy (non-hydrogen) atoms. The molecular formula is C10H9F2N3S. The molecule has 0 atom stereocenters. The maximum atomic E-state index is 13.0. The van der Waals surface area contributed by atoms with Gasteiger partial charge in [0.2, 0.25) is 0 Å². The molecule has 1 heterocycles. The lowest BCUT2D eigenvalue weighted by Gasteiger charge is -1.96. The number of benzene rings is 1. The highest BCUT2D eigenvalue weighted by molar-refractivity contribution is 7.14. The normalized spacial score (nSPS) is 10.7. The molecule has 3 nitrogen and oxygen atoms in total. The van der Waals surface area contributed by atoms with Gasteiger partial charge in [0.05, 0.1) is 0 Å². The minimum Gasteiger partial charge on any atom is -0.313 e. The maximum Gasteiger partial charge on any atom is 0.148 e. The van der Waals surface area contributed by atoms with Gasteiger partial charge in [0.1, 0.15) is 21.6 Å². The van der Waals surface area contributed by atoms with Gasteiger partial charge in [-0.05, 0) is 19.2 Å². The van der Waals surface area contributed by atoms with Crippen LogP contribution in [0.2, 0.25) is 0 Å². The lowest BCUT2D eigenvalue weighted by molar-refractivity contribution is 0.584. The van der Waals surface area contributed by atoms with E-state index in [1.165, 1.54) is 23.5 Å². The first-order chi connectivity index (χ1) is 7.69. The van der Waals surface area contributed by atoms with Crippen LogP contribution >= 0.6 is 11.3 Å². The Labute approximate surface area is 95.1 Å². The molecule has 0 aliphatic heterocycles. The van der Waals surface area contributed by atoms with E-state index in [2.05, 4.69) is 15.5 Å². The van der Waals surface area contributed by atoms with Crippen LogP contribution in [-0.4, -0.2) is 17.2 Å². The lowest BCUT2D eigenvalue weighted by Crippen LogP contribution is -2.04. The highest BCUT2D eigenvalue weighted by Crippen LogP contribution is 2.24. The Kier molecular flexibility index (Phi) is 3.21. The average Bonchev–Trinajstić information content (AvgIpc) is 2.65. The summed E-state index contributed by atoms with van der Waals surface area (Å²) in [5, 5.41) is 12.0. The average molecular weight is 241 g/mol. The van der Waals surface area contributed by atoms with Crippen molar-refractivity contribution < 1.29 is 8.78 Å². The first kappa shape index (κ1) is 11.1. The SMILES string of the molecule is CNCc1nnc(-c2cc(F)cc(F)c2)s1. The number of hydrogen-bond acceptors (Lipinski definition) is 4. The predicted octanol–water partition coefficient (Wildman–Crippen LogP) is 2.20. The van der Waals surface area contributed by atoms with Gasteiger partial charge >= 0.3 is 0 Å². The fourth-order valence-electron chi connectivity index (χ4n) is 1.27. The number of halogens is 2. The molecule has 0 saturated heterocycles. The van der Waals surface area contributed by atoms with Crippen molar-refractivity contribution in [2.75, 3.05) is 7.05 Å². The van der Waals surface area contributed by atoms with Gasteiger partial charge in [-0.3, -0.25) is 0 Å². The number of aromatic nitrogens is 2. The first-order valence-corrected chi connectivity index (χ1v) is 5.44. The third-order valence-electron chi connectivity index (χ3n) is 1.90. The Morgan fingerprint density at radius 3 is 2.50 bits per heavy atom. The highest BCUT2D eigenvalue weighted by atomic mass is 32.1. The summed E-state index contributed by atoms with van der Waals surface area (Å²) in [5.41, 5.74) is 0.414. The lowest BCUT2D eigenvalue weighted by atomic mass is 10.2. The van der Waals surface area contributed by atoms with E-state index in [9.17, 15) is 8.78 Å². The van der Waals surface area contributed by atoms with E-state index in [1.54, 1.807) is 7.05 Å². The Morgan fingerprint density at radius 2 is 1.88 bits per heavy atom. The van der Waals surface area contributed by atoms with Gasteiger partial charge in [-0.15, -0.1) is 10.2 Å². The summed E-state index contributed by atoms with van der Waals surface area (Å²) in [4.78, 5) is 0. The van der Waals surface area contributed by atoms with E-state index in [0.717, 1.165) is 11.1 Å². The minimum atomic E-state index is -0.611. The van der Waals surface area contributed by atoms with Crippen LogP contribution in [0, 0.1) is 11.6 Å². The van der Waals surface area contributed by atoms with E-state index in [4.69, 9.17) is 0 Å². The van der Waals surface area contributed by atoms with Crippen molar-refractivity contribution in [3.63, 3.8) is 0 Å². The number of nitrogens with one attached hydrogen (secondary N) is 1. The Balaban J connectivity index is 2.34. The predicted molar refractivity (Wildman–Crippen MR) is 58.0 cm³/mol. The third-order valence-corrected chi connectivity index (χ3v) is 2.88. The molecule has 1 N–H and O–H groups in total. The van der Waals surface area contributed by atoms with Crippen molar-refractivity contribution in [3.05, 3.63) is 34.8 Å². The monoisotopic (exact) mass is 241 g/mol. The van der Waals surface area contributed by atoms with Crippen molar-refractivity contribution in [1.82, 2.24) is 15.5 Å². The van der Waals surface area contributed by atoms with Gasteiger partial charge < -0.3 is 5.32 Å². The molecule has 6 heteroatoms. The van der Waals surface area contributed by atoms with Crippen molar-refractivity contribution in [3.8, 4) is 10.6 Å². The zero-order valence-corrected chi connectivity index (χ0v) is 9.31. The van der Waals surface area contributed by atoms with E-state index >= 15 is 0 Å². The van der Waals surface area contributed by atoms with Gasteiger partial charge in [0.25, 0.3) is 0 Å². The van der Waals surface area contributed by atoms with Crippen LogP contribution in [0.25, 0.3) is 10.6 Å². The number of nitrogens with zero attached hydrogens (tertiary/aromatic N) is 2. The molecule has 1 aromatic carbocycles. The fourth-order valence-corrected chi connectivity index (χ4v) is 2.11. The smallest absolute Gasteiger partial charge is 0.148 e. The van der Waals surface area contributed by atoms with Gasteiger partial charge in [-0.2, -0.15) is 0 Å². The molecule has 0 aliphatic carbocycles. The van der Waals surface area contributed by atoms with Gasteiger partial charge in [-0.1, -0.05) is 11.3 Å². The molecule has 0 saturated carbocycles. The molecule has 0 radical (unpaired) electrons. The molecular weight excluding hydrogens is 232 g/mol. The van der Waals surface area contributed by atoms with Crippen molar-refractivity contribution in [2.24, 2.45) is 0 Å². The summed E-state index contributed by atoms with van der Waals surface area (Å²) in [6, 6.07) is 3.32. The number of hydrogen-bond donors (Lipinski definition) is 1. The van der Waals surface area contributed by atoms with Gasteiger partial charge in [0.15, 0.2) is 0 Å². The molecule has 0 spiro atoms. The Morgan fingerprint density at radius 1 is 1.19 bits per heavy atom. The molecule has 2 aromatic rings. The van der Waals surface area contributed by atoms with Crippen molar-refractivity contribution in [1.29, 1.82) is 0 Å². The summed E-state index contributed by atoms with van der Waals surface area (Å²) in [6.07, 6.45) is 0. The van der Waals surface area contributed by atoms with Crippen LogP contribution < -0.4 is 5.32 Å². The molecule has 0 amide bonds. The fraction of sp³-hybridized carbons (Fsp3) is 0.200. The zero-order chi connectivity index (χ0) is 11.5. The van der Waals surface area contributed by atoms with Crippen molar-refractivity contribution >= 4 is 11.3 Å². The van der Waals surface area contributed by atoms with Crippen molar-refractivity contribution in [2.45, 2.75) is 6.54 Å². The standard InChI is InChI=1S/C10H9F2N3S/c1-13-5-9-14-15-10(16-9)6-2-7(11)4-8(12)3-6/h2-4,13H,5H2,1H3. The van der Waals surface area contributed by atoms with E-state index < -0.39 is 11.6 Å². The second-order valence-corrected chi connectivity index (χ2v) is 4.25. The Bertz CT molecular complexity index is 478. The molecule has 0 aliphatic rings. The summed E-state index contributed by atoms with van der Waals surface area (Å²) < 4.78 is 25.9. The molecule has 0 unspecified atom stereocenters. The summed E-state index contributed by atoms with van der Waals surface area (Å²) in [5.74, 6) is -1.22. The highest BCUT2D eigenvalue weighted by Gasteiger charge is 2.08. The topological polar surface area (TPSA) is 37.8 Å². The van der Waals surface area contributed by atoms with E-state index in [1.807, 2.05) is 0 Å². The quantitative estimate of drug-likeness (QED) is 0.895. The molecule has 2 rings (SSSR count). The third kappa shape index (κ3) is 2.40. The second kappa shape index (κ2) is 4.63. The first-order valence-electron chi connectivity index (χ1n) is 4.62. The Hall–Kier alpha value is -1.40.